The molecule has 2 unspecified atom stereocenters. The van der Waals surface area contributed by atoms with E-state index >= 15 is 0 Å². The van der Waals surface area contributed by atoms with E-state index in [1.807, 2.05) is 7.11 Å². The molecule has 0 aromatic rings. The van der Waals surface area contributed by atoms with Gasteiger partial charge in [-0.1, -0.05) is 27.2 Å². The van der Waals surface area contributed by atoms with Crippen molar-refractivity contribution in [1.82, 2.24) is 0 Å². The number of hydrogen-bond acceptors (Lipinski definition) is 2. The van der Waals surface area contributed by atoms with E-state index < -0.39 is 0 Å². The van der Waals surface area contributed by atoms with Crippen LogP contribution in [-0.2, 0) is 9.47 Å². The molecule has 0 aliphatic rings. The fraction of sp³-hybridized carbons (Fsp3) is 1.00. The van der Waals surface area contributed by atoms with Crippen LogP contribution in [0.5, 0.6) is 0 Å². The second-order valence-electron chi connectivity index (χ2n) is 4.84. The molecule has 0 fully saturated rings. The molecular weight excluding hydrogens is 188 g/mol. The van der Waals surface area contributed by atoms with Gasteiger partial charge in [0, 0.05) is 20.8 Å². The molecule has 0 radical (unpaired) electrons. The van der Waals surface area contributed by atoms with Gasteiger partial charge in [-0.2, -0.15) is 0 Å². The van der Waals surface area contributed by atoms with E-state index in [9.17, 15) is 0 Å². The Hall–Kier alpha value is -0.0800. The Morgan fingerprint density at radius 1 is 1.00 bits per heavy atom. The van der Waals surface area contributed by atoms with Crippen molar-refractivity contribution in [1.29, 1.82) is 0 Å². The number of hydrogen-bond donors (Lipinski definition) is 0. The van der Waals surface area contributed by atoms with Gasteiger partial charge in [0.05, 0.1) is 5.60 Å². The van der Waals surface area contributed by atoms with Gasteiger partial charge in [-0.15, -0.1) is 0 Å². The zero-order chi connectivity index (χ0) is 11.9. The summed E-state index contributed by atoms with van der Waals surface area (Å²) in [4.78, 5) is 0. The Bertz CT molecular complexity index is 164. The Balaban J connectivity index is 4.72. The topological polar surface area (TPSA) is 18.5 Å². The standard InChI is InChI=1S/C13H28O2/c1-7-9-12(3,10-11-14-5)13(4,8-2)15-6/h7-11H2,1-6H3. The first-order valence-corrected chi connectivity index (χ1v) is 6.03. The third kappa shape index (κ3) is 3.46. The Labute approximate surface area is 95.3 Å². The van der Waals surface area contributed by atoms with E-state index in [1.54, 1.807) is 7.11 Å². The minimum absolute atomic E-state index is 0.0401. The van der Waals surface area contributed by atoms with Crippen LogP contribution in [0.4, 0.5) is 0 Å². The normalized spacial score (nSPS) is 19.6. The van der Waals surface area contributed by atoms with E-state index in [1.165, 1.54) is 12.8 Å². The molecule has 0 saturated heterocycles. The molecule has 0 bridgehead atoms. The smallest absolute Gasteiger partial charge is 0.0702 e. The maximum atomic E-state index is 5.75. The monoisotopic (exact) mass is 216 g/mol. The average molecular weight is 216 g/mol. The highest BCUT2D eigenvalue weighted by Crippen LogP contribution is 2.43. The molecule has 0 spiro atoms. The summed E-state index contributed by atoms with van der Waals surface area (Å²) in [5, 5.41) is 0. The first kappa shape index (κ1) is 14.9. The molecule has 2 heteroatoms. The van der Waals surface area contributed by atoms with Gasteiger partial charge in [0.1, 0.15) is 0 Å². The van der Waals surface area contributed by atoms with Crippen molar-refractivity contribution in [2.45, 2.75) is 59.0 Å². The summed E-state index contributed by atoms with van der Waals surface area (Å²) in [5.74, 6) is 0. The lowest BCUT2D eigenvalue weighted by molar-refractivity contribution is -0.110. The summed E-state index contributed by atoms with van der Waals surface area (Å²) in [6.07, 6.45) is 4.49. The van der Waals surface area contributed by atoms with Gasteiger partial charge in [-0.3, -0.25) is 0 Å². The van der Waals surface area contributed by atoms with Gasteiger partial charge in [-0.05, 0) is 31.6 Å². The Kier molecular flexibility index (Phi) is 6.46. The fourth-order valence-corrected chi connectivity index (χ4v) is 2.35. The van der Waals surface area contributed by atoms with Crippen LogP contribution in [0.25, 0.3) is 0 Å². The van der Waals surface area contributed by atoms with Gasteiger partial charge in [0.15, 0.2) is 0 Å². The summed E-state index contributed by atoms with van der Waals surface area (Å²) >= 11 is 0. The van der Waals surface area contributed by atoms with Crippen LogP contribution in [0, 0.1) is 5.41 Å². The lowest BCUT2D eigenvalue weighted by Crippen LogP contribution is -2.45. The quantitative estimate of drug-likeness (QED) is 0.616. The highest BCUT2D eigenvalue weighted by molar-refractivity contribution is 4.93. The van der Waals surface area contributed by atoms with Crippen molar-refractivity contribution < 1.29 is 9.47 Å². The van der Waals surface area contributed by atoms with Crippen molar-refractivity contribution in [2.24, 2.45) is 5.41 Å². The third-order valence-corrected chi connectivity index (χ3v) is 4.06. The van der Waals surface area contributed by atoms with Crippen molar-refractivity contribution in [3.05, 3.63) is 0 Å². The fourth-order valence-electron chi connectivity index (χ4n) is 2.35. The van der Waals surface area contributed by atoms with E-state index in [2.05, 4.69) is 27.7 Å². The van der Waals surface area contributed by atoms with Crippen molar-refractivity contribution in [2.75, 3.05) is 20.8 Å². The predicted molar refractivity (Wildman–Crippen MR) is 65.2 cm³/mol. The number of ether oxygens (including phenoxy) is 2. The maximum absolute atomic E-state index is 5.75. The first-order chi connectivity index (χ1) is 6.99. The highest BCUT2D eigenvalue weighted by Gasteiger charge is 2.42. The zero-order valence-electron chi connectivity index (χ0n) is 11.4. The number of rotatable bonds is 8. The number of methoxy groups -OCH3 is 2. The summed E-state index contributed by atoms with van der Waals surface area (Å²) in [6, 6.07) is 0. The van der Waals surface area contributed by atoms with Crippen LogP contribution in [0.2, 0.25) is 0 Å². The van der Waals surface area contributed by atoms with Crippen LogP contribution in [0.3, 0.4) is 0 Å². The summed E-state index contributed by atoms with van der Waals surface area (Å²) in [6.45, 7) is 9.79. The minimum Gasteiger partial charge on any atom is -0.385 e. The van der Waals surface area contributed by atoms with Crippen LogP contribution >= 0.6 is 0 Å². The molecule has 15 heavy (non-hydrogen) atoms. The highest BCUT2D eigenvalue weighted by atomic mass is 16.5. The molecule has 92 valence electrons. The molecule has 0 aromatic carbocycles. The van der Waals surface area contributed by atoms with Gasteiger partial charge in [0.25, 0.3) is 0 Å². The summed E-state index contributed by atoms with van der Waals surface area (Å²) in [5.41, 5.74) is 0.169. The first-order valence-electron chi connectivity index (χ1n) is 6.03. The van der Waals surface area contributed by atoms with Crippen molar-refractivity contribution >= 4 is 0 Å². The SMILES string of the molecule is CCCC(C)(CCOC)C(C)(CC)OC. The van der Waals surface area contributed by atoms with Crippen LogP contribution in [0.15, 0.2) is 0 Å². The van der Waals surface area contributed by atoms with Crippen LogP contribution < -0.4 is 0 Å². The summed E-state index contributed by atoms with van der Waals surface area (Å²) < 4.78 is 11.0. The Morgan fingerprint density at radius 3 is 1.93 bits per heavy atom. The Morgan fingerprint density at radius 2 is 1.60 bits per heavy atom. The molecule has 2 atom stereocenters. The zero-order valence-corrected chi connectivity index (χ0v) is 11.4. The molecule has 2 nitrogen and oxygen atoms in total. The molecule has 0 heterocycles. The molecule has 0 rings (SSSR count). The van der Waals surface area contributed by atoms with Crippen LogP contribution in [-0.4, -0.2) is 26.4 Å². The lowest BCUT2D eigenvalue weighted by atomic mass is 9.68. The molecule has 0 aliphatic carbocycles. The molecule has 0 aliphatic heterocycles. The molecule has 0 aromatic heterocycles. The third-order valence-electron chi connectivity index (χ3n) is 4.06. The van der Waals surface area contributed by atoms with E-state index in [4.69, 9.17) is 9.47 Å². The second kappa shape index (κ2) is 6.49. The molecule has 0 amide bonds. The van der Waals surface area contributed by atoms with Gasteiger partial charge < -0.3 is 9.47 Å². The van der Waals surface area contributed by atoms with Gasteiger partial charge >= 0.3 is 0 Å². The average Bonchev–Trinajstić information content (AvgIpc) is 2.25. The van der Waals surface area contributed by atoms with Crippen LogP contribution in [0.1, 0.15) is 53.4 Å². The summed E-state index contributed by atoms with van der Waals surface area (Å²) in [7, 11) is 3.59. The second-order valence-corrected chi connectivity index (χ2v) is 4.84. The lowest BCUT2D eigenvalue weighted by Gasteiger charge is -2.45. The largest absolute Gasteiger partial charge is 0.385 e. The minimum atomic E-state index is -0.0401. The van der Waals surface area contributed by atoms with Gasteiger partial charge in [-0.25, -0.2) is 0 Å². The van der Waals surface area contributed by atoms with Crippen molar-refractivity contribution in [3.63, 3.8) is 0 Å². The van der Waals surface area contributed by atoms with E-state index in [-0.39, 0.29) is 11.0 Å². The maximum Gasteiger partial charge on any atom is 0.0702 e. The van der Waals surface area contributed by atoms with Crippen molar-refractivity contribution in [3.8, 4) is 0 Å². The predicted octanol–water partition coefficient (Wildman–Crippen LogP) is 3.64. The van der Waals surface area contributed by atoms with E-state index in [0.717, 1.165) is 19.4 Å². The molecule has 0 saturated carbocycles. The molecule has 0 N–H and O–H groups in total. The van der Waals surface area contributed by atoms with E-state index in [0.29, 0.717) is 0 Å². The molecular formula is C13H28O2. The van der Waals surface area contributed by atoms with Gasteiger partial charge in [0.2, 0.25) is 0 Å².